The van der Waals surface area contributed by atoms with Crippen LogP contribution in [0.2, 0.25) is 0 Å². The van der Waals surface area contributed by atoms with Gasteiger partial charge in [0.05, 0.1) is 24.1 Å². The molecule has 6 heteroatoms. The summed E-state index contributed by atoms with van der Waals surface area (Å²) in [6.07, 6.45) is 3.29. The lowest BCUT2D eigenvalue weighted by molar-refractivity contribution is -0.0000147. The van der Waals surface area contributed by atoms with E-state index in [0.717, 1.165) is 39.9 Å². The number of benzene rings is 2. The van der Waals surface area contributed by atoms with Gasteiger partial charge in [-0.2, -0.15) is 0 Å². The summed E-state index contributed by atoms with van der Waals surface area (Å²) in [6.45, 7) is 6.35. The first-order chi connectivity index (χ1) is 16.0. The quantitative estimate of drug-likeness (QED) is 0.470. The first-order valence-electron chi connectivity index (χ1n) is 11.4. The Kier molecular flexibility index (Phi) is 6.96. The number of hydrogen-bond acceptors (Lipinski definition) is 4. The van der Waals surface area contributed by atoms with Crippen LogP contribution < -0.4 is 22.5 Å². The van der Waals surface area contributed by atoms with E-state index in [1.807, 2.05) is 31.2 Å². The molecule has 0 saturated carbocycles. The molecule has 0 spiro atoms. The summed E-state index contributed by atoms with van der Waals surface area (Å²) in [6, 6.07) is 15.9. The Hall–Kier alpha value is -2.89. The van der Waals surface area contributed by atoms with Crippen molar-refractivity contribution >= 4 is 33.1 Å². The zero-order valence-corrected chi connectivity index (χ0v) is 21.4. The molecule has 34 heavy (non-hydrogen) atoms. The average Bonchev–Trinajstić information content (AvgIpc) is 3.15. The number of methoxy groups -OCH3 is 1. The van der Waals surface area contributed by atoms with Gasteiger partial charge in [-0.15, -0.1) is 11.3 Å². The normalized spacial score (nSPS) is 14.9. The van der Waals surface area contributed by atoms with Gasteiger partial charge in [0, 0.05) is 15.8 Å². The van der Waals surface area contributed by atoms with Gasteiger partial charge in [-0.3, -0.25) is 4.79 Å². The van der Waals surface area contributed by atoms with Gasteiger partial charge in [0.15, 0.2) is 0 Å². The number of aryl methyl sites for hydroxylation is 3. The van der Waals surface area contributed by atoms with Crippen molar-refractivity contribution in [1.29, 1.82) is 0 Å². The smallest absolute Gasteiger partial charge is 0.258 e. The number of fused-ring (bicyclic) bond motifs is 3. The van der Waals surface area contributed by atoms with Crippen LogP contribution in [-0.4, -0.2) is 18.0 Å². The third-order valence-electron chi connectivity index (χ3n) is 6.51. The minimum atomic E-state index is -0.160. The van der Waals surface area contributed by atoms with Crippen LogP contribution in [0, 0.1) is 19.8 Å². The zero-order chi connectivity index (χ0) is 23.1. The first kappa shape index (κ1) is 24.2. The maximum absolute atomic E-state index is 13.8. The number of amides is 1. The molecule has 0 saturated heterocycles. The molecule has 176 valence electrons. The molecule has 1 aliphatic rings. The number of halogens is 1. The van der Waals surface area contributed by atoms with E-state index in [-0.39, 0.29) is 18.3 Å². The Morgan fingerprint density at radius 1 is 1.15 bits per heavy atom. The minimum absolute atomic E-state index is 0. The SMILES string of the molecule is COc1ccccc1NC(=O)c1c(C)nc2sc3c(c2c1-c1cccc(C)c1)CCC(C)C3.[Cl-]. The maximum atomic E-state index is 13.8. The predicted molar refractivity (Wildman–Crippen MR) is 137 cm³/mol. The number of nitrogens with one attached hydrogen (secondary N) is 1. The highest BCUT2D eigenvalue weighted by Gasteiger charge is 2.28. The van der Waals surface area contributed by atoms with Crippen molar-refractivity contribution in [3.05, 3.63) is 75.8 Å². The van der Waals surface area contributed by atoms with Crippen LogP contribution in [0.5, 0.6) is 5.75 Å². The molecule has 0 fully saturated rings. The molecular formula is C28H28ClN2O2S-. The highest BCUT2D eigenvalue weighted by Crippen LogP contribution is 2.44. The van der Waals surface area contributed by atoms with Gasteiger partial charge in [0.1, 0.15) is 10.6 Å². The maximum Gasteiger partial charge on any atom is 0.258 e. The van der Waals surface area contributed by atoms with Crippen LogP contribution in [0.25, 0.3) is 21.3 Å². The Labute approximate surface area is 210 Å². The summed E-state index contributed by atoms with van der Waals surface area (Å²) in [7, 11) is 1.61. The van der Waals surface area contributed by atoms with Crippen molar-refractivity contribution in [2.45, 2.75) is 40.0 Å². The minimum Gasteiger partial charge on any atom is -1.00 e. The monoisotopic (exact) mass is 491 g/mol. The molecule has 1 atom stereocenters. The Morgan fingerprint density at radius 2 is 1.94 bits per heavy atom. The average molecular weight is 492 g/mol. The molecule has 4 aromatic rings. The summed E-state index contributed by atoms with van der Waals surface area (Å²) in [4.78, 5) is 21.2. The fraction of sp³-hybridized carbons (Fsp3) is 0.286. The fourth-order valence-corrected chi connectivity index (χ4v) is 6.33. The van der Waals surface area contributed by atoms with Crippen molar-refractivity contribution < 1.29 is 21.9 Å². The van der Waals surface area contributed by atoms with Crippen molar-refractivity contribution in [3.63, 3.8) is 0 Å². The first-order valence-corrected chi connectivity index (χ1v) is 12.2. The van der Waals surface area contributed by atoms with E-state index in [0.29, 0.717) is 22.9 Å². The molecule has 1 amide bonds. The van der Waals surface area contributed by atoms with E-state index in [9.17, 15) is 4.79 Å². The van der Waals surface area contributed by atoms with E-state index in [1.54, 1.807) is 18.4 Å². The topological polar surface area (TPSA) is 51.2 Å². The van der Waals surface area contributed by atoms with Crippen LogP contribution in [0.1, 0.15) is 45.4 Å². The molecule has 2 aromatic heterocycles. The fourth-order valence-electron chi connectivity index (χ4n) is 4.89. The number of pyridine rings is 1. The second-order valence-electron chi connectivity index (χ2n) is 9.00. The lowest BCUT2D eigenvalue weighted by Gasteiger charge is -2.20. The standard InChI is InChI=1S/C28H28N2O2S.ClH/c1-16-8-7-9-19(14-16)25-24(27(31)30-21-10-5-6-11-22(21)32-4)18(3)29-28-26(25)20-13-12-17(2)15-23(20)33-28;/h5-11,14,17H,12-13,15H2,1-4H3,(H,30,31);1H/p-1. The number of para-hydroxylation sites is 2. The number of carbonyl (C=O) groups excluding carboxylic acids is 1. The second-order valence-corrected chi connectivity index (χ2v) is 10.1. The lowest BCUT2D eigenvalue weighted by atomic mass is 9.86. The lowest BCUT2D eigenvalue weighted by Crippen LogP contribution is -3.00. The van der Waals surface area contributed by atoms with E-state index < -0.39 is 0 Å². The number of ether oxygens (including phenoxy) is 1. The number of carbonyl (C=O) groups is 1. The van der Waals surface area contributed by atoms with Crippen LogP contribution in [-0.2, 0) is 12.8 Å². The number of rotatable bonds is 4. The Bertz CT molecular complexity index is 1380. The van der Waals surface area contributed by atoms with Crippen molar-refractivity contribution in [1.82, 2.24) is 4.98 Å². The van der Waals surface area contributed by atoms with Gasteiger partial charge in [0.2, 0.25) is 0 Å². The van der Waals surface area contributed by atoms with Crippen molar-refractivity contribution in [3.8, 4) is 16.9 Å². The Balaban J connectivity index is 0.00000274. The summed E-state index contributed by atoms with van der Waals surface area (Å²) in [5.41, 5.74) is 6.65. The number of nitrogens with zero attached hydrogens (tertiary/aromatic N) is 1. The molecule has 2 heterocycles. The van der Waals surface area contributed by atoms with Gasteiger partial charge < -0.3 is 22.5 Å². The highest BCUT2D eigenvalue weighted by atomic mass is 35.5. The molecule has 1 N–H and O–H groups in total. The van der Waals surface area contributed by atoms with Gasteiger partial charge in [0.25, 0.3) is 5.91 Å². The highest BCUT2D eigenvalue weighted by molar-refractivity contribution is 7.19. The van der Waals surface area contributed by atoms with Crippen LogP contribution >= 0.6 is 11.3 Å². The molecule has 0 radical (unpaired) electrons. The van der Waals surface area contributed by atoms with Crippen molar-refractivity contribution in [2.75, 3.05) is 12.4 Å². The van der Waals surface area contributed by atoms with Crippen LogP contribution in [0.3, 0.4) is 0 Å². The van der Waals surface area contributed by atoms with E-state index >= 15 is 0 Å². The van der Waals surface area contributed by atoms with Gasteiger partial charge in [-0.25, -0.2) is 4.98 Å². The molecule has 0 bridgehead atoms. The largest absolute Gasteiger partial charge is 1.00 e. The predicted octanol–water partition coefficient (Wildman–Crippen LogP) is 3.97. The van der Waals surface area contributed by atoms with Crippen LogP contribution in [0.15, 0.2) is 48.5 Å². The molecule has 1 aliphatic carbocycles. The molecule has 2 aromatic carbocycles. The molecular weight excluding hydrogens is 464 g/mol. The Morgan fingerprint density at radius 3 is 2.71 bits per heavy atom. The van der Waals surface area contributed by atoms with Gasteiger partial charge >= 0.3 is 0 Å². The van der Waals surface area contributed by atoms with Crippen LogP contribution in [0.4, 0.5) is 5.69 Å². The second kappa shape index (κ2) is 9.77. The number of aromatic nitrogens is 1. The number of thiophene rings is 1. The third-order valence-corrected chi connectivity index (χ3v) is 7.66. The molecule has 1 unspecified atom stereocenters. The summed E-state index contributed by atoms with van der Waals surface area (Å²) in [5.74, 6) is 1.16. The van der Waals surface area contributed by atoms with E-state index in [2.05, 4.69) is 43.4 Å². The molecule has 5 rings (SSSR count). The summed E-state index contributed by atoms with van der Waals surface area (Å²) >= 11 is 1.80. The van der Waals surface area contributed by atoms with E-state index in [1.165, 1.54) is 22.4 Å². The number of hydrogen-bond donors (Lipinski definition) is 1. The third kappa shape index (κ3) is 4.30. The summed E-state index contributed by atoms with van der Waals surface area (Å²) < 4.78 is 5.46. The van der Waals surface area contributed by atoms with Crippen molar-refractivity contribution in [2.24, 2.45) is 5.92 Å². The zero-order valence-electron chi connectivity index (χ0n) is 19.9. The molecule has 4 nitrogen and oxygen atoms in total. The van der Waals surface area contributed by atoms with E-state index in [4.69, 9.17) is 9.72 Å². The van der Waals surface area contributed by atoms with Gasteiger partial charge in [-0.05, 0) is 62.3 Å². The molecule has 0 aliphatic heterocycles. The number of anilines is 1. The summed E-state index contributed by atoms with van der Waals surface area (Å²) in [5, 5.41) is 4.24. The van der Waals surface area contributed by atoms with Gasteiger partial charge in [-0.1, -0.05) is 48.9 Å².